The van der Waals surface area contributed by atoms with E-state index >= 15 is 0 Å². The lowest BCUT2D eigenvalue weighted by Gasteiger charge is -2.45. The van der Waals surface area contributed by atoms with Gasteiger partial charge in [-0.15, -0.1) is 0 Å². The fraction of sp³-hybridized carbons (Fsp3) is 0.542. The number of piperazine rings is 1. The third-order valence-electron chi connectivity index (χ3n) is 7.55. The van der Waals surface area contributed by atoms with Crippen LogP contribution < -0.4 is 10.2 Å². The maximum atomic E-state index is 12.5. The predicted octanol–water partition coefficient (Wildman–Crippen LogP) is 2.65. The molecule has 1 saturated carbocycles. The first-order valence-corrected chi connectivity index (χ1v) is 11.8. The Kier molecular flexibility index (Phi) is 5.91. The van der Waals surface area contributed by atoms with Crippen molar-refractivity contribution in [3.63, 3.8) is 0 Å². The highest BCUT2D eigenvalue weighted by Gasteiger charge is 2.44. The van der Waals surface area contributed by atoms with Gasteiger partial charge in [-0.05, 0) is 43.4 Å². The van der Waals surface area contributed by atoms with Gasteiger partial charge in [0.15, 0.2) is 0 Å². The fourth-order valence-electron chi connectivity index (χ4n) is 5.06. The first-order valence-electron chi connectivity index (χ1n) is 11.4. The number of hydrogen-bond acceptors (Lipinski definition) is 7. The summed E-state index contributed by atoms with van der Waals surface area (Å²) in [7, 11) is 0. The van der Waals surface area contributed by atoms with E-state index < -0.39 is 6.10 Å². The number of nitrogens with zero attached hydrogens (tertiary/aromatic N) is 4. The Morgan fingerprint density at radius 1 is 1.27 bits per heavy atom. The molecule has 0 spiro atoms. The predicted molar refractivity (Wildman–Crippen MR) is 126 cm³/mol. The average molecular weight is 470 g/mol. The maximum Gasteiger partial charge on any atom is 0.229 e. The minimum Gasteiger partial charge on any atom is -0.389 e. The second kappa shape index (κ2) is 8.73. The zero-order valence-electron chi connectivity index (χ0n) is 18.6. The molecule has 174 valence electrons. The van der Waals surface area contributed by atoms with Crippen LogP contribution in [-0.4, -0.2) is 71.9 Å². The van der Waals surface area contributed by atoms with Crippen LogP contribution in [0.5, 0.6) is 0 Å². The Morgan fingerprint density at radius 2 is 2.06 bits per heavy atom. The van der Waals surface area contributed by atoms with Crippen LogP contribution in [0.2, 0.25) is 5.02 Å². The number of carbonyl (C=O) groups is 1. The van der Waals surface area contributed by atoms with E-state index in [0.29, 0.717) is 24.1 Å². The van der Waals surface area contributed by atoms with Crippen molar-refractivity contribution < 1.29 is 14.6 Å². The van der Waals surface area contributed by atoms with Crippen molar-refractivity contribution in [1.82, 2.24) is 9.88 Å². The summed E-state index contributed by atoms with van der Waals surface area (Å²) in [5, 5.41) is 24.9. The number of ether oxygens (including phenoxy) is 1. The van der Waals surface area contributed by atoms with Crippen LogP contribution in [0, 0.1) is 23.2 Å². The first-order chi connectivity index (χ1) is 15.9. The monoisotopic (exact) mass is 469 g/mol. The number of hydrogen-bond donors (Lipinski definition) is 2. The van der Waals surface area contributed by atoms with Gasteiger partial charge in [-0.1, -0.05) is 11.6 Å². The molecular formula is C24H28ClN5O3. The van der Waals surface area contributed by atoms with Crippen molar-refractivity contribution in [2.24, 2.45) is 11.8 Å². The average Bonchev–Trinajstić information content (AvgIpc) is 3.12. The molecule has 3 heterocycles. The van der Waals surface area contributed by atoms with Gasteiger partial charge in [-0.3, -0.25) is 9.69 Å². The quantitative estimate of drug-likeness (QED) is 0.709. The number of nitriles is 1. The Labute approximate surface area is 198 Å². The number of aliphatic hydroxyl groups excluding tert-OH is 1. The van der Waals surface area contributed by atoms with E-state index in [1.165, 1.54) is 0 Å². The largest absolute Gasteiger partial charge is 0.389 e. The number of pyridine rings is 1. The van der Waals surface area contributed by atoms with Crippen LogP contribution in [0.15, 0.2) is 24.4 Å². The molecule has 33 heavy (non-hydrogen) atoms. The Bertz CT molecular complexity index is 1110. The lowest BCUT2D eigenvalue weighted by atomic mass is 9.74. The number of halogens is 1. The van der Waals surface area contributed by atoms with Gasteiger partial charge in [0.25, 0.3) is 0 Å². The van der Waals surface area contributed by atoms with Crippen molar-refractivity contribution in [3.8, 4) is 6.07 Å². The van der Waals surface area contributed by atoms with Gasteiger partial charge in [0, 0.05) is 37.8 Å². The van der Waals surface area contributed by atoms with Crippen LogP contribution in [-0.2, 0) is 9.53 Å². The smallest absolute Gasteiger partial charge is 0.229 e. The second-order valence-corrected chi connectivity index (χ2v) is 9.90. The summed E-state index contributed by atoms with van der Waals surface area (Å²) in [6.07, 6.45) is 2.76. The third kappa shape index (κ3) is 4.04. The SMILES string of the molecule is C[C@@]1(N2CCN(c3cc4cc(NC(=O)[C@@H]5CC[C@H]5C#N)ncc4cc3Cl)CC2)COC[C@@H]1O. The summed E-state index contributed by atoms with van der Waals surface area (Å²) >= 11 is 6.63. The normalized spacial score (nSPS) is 30.1. The Morgan fingerprint density at radius 3 is 2.70 bits per heavy atom. The van der Waals surface area contributed by atoms with Crippen LogP contribution in [0.1, 0.15) is 19.8 Å². The molecule has 1 amide bonds. The number of aromatic nitrogens is 1. The molecule has 1 aliphatic carbocycles. The number of amides is 1. The third-order valence-corrected chi connectivity index (χ3v) is 7.85. The number of carbonyl (C=O) groups excluding carboxylic acids is 1. The molecule has 1 aromatic heterocycles. The molecular weight excluding hydrogens is 442 g/mol. The highest BCUT2D eigenvalue weighted by atomic mass is 35.5. The highest BCUT2D eigenvalue weighted by Crippen LogP contribution is 2.36. The molecule has 3 fully saturated rings. The van der Waals surface area contributed by atoms with E-state index in [9.17, 15) is 9.90 Å². The molecule has 2 aliphatic heterocycles. The van der Waals surface area contributed by atoms with Crippen LogP contribution >= 0.6 is 11.6 Å². The molecule has 5 rings (SSSR count). The molecule has 0 radical (unpaired) electrons. The summed E-state index contributed by atoms with van der Waals surface area (Å²) < 4.78 is 5.50. The number of nitrogens with one attached hydrogen (secondary N) is 1. The molecule has 4 atom stereocenters. The van der Waals surface area contributed by atoms with Crippen LogP contribution in [0.3, 0.4) is 0 Å². The Hall–Kier alpha value is -2.44. The van der Waals surface area contributed by atoms with E-state index in [1.54, 1.807) is 6.20 Å². The molecule has 9 heteroatoms. The van der Waals surface area contributed by atoms with Crippen molar-refractivity contribution in [3.05, 3.63) is 29.4 Å². The molecule has 2 aromatic rings. The van der Waals surface area contributed by atoms with E-state index in [4.69, 9.17) is 21.6 Å². The molecule has 2 saturated heterocycles. The van der Waals surface area contributed by atoms with Crippen molar-refractivity contribution in [1.29, 1.82) is 5.26 Å². The lowest BCUT2D eigenvalue weighted by molar-refractivity contribution is -0.123. The number of benzene rings is 1. The van der Waals surface area contributed by atoms with Gasteiger partial charge < -0.3 is 20.1 Å². The standard InChI is InChI=1S/C24H28ClN5O3/c1-24(14-33-13-21(24)31)30-6-4-29(5-7-30)20-9-16-10-22(27-12-17(16)8-19(20)25)28-23(32)18-3-2-15(18)11-26/h8-10,12,15,18,21,31H,2-7,13-14H2,1H3,(H,27,28,32)/t15-,18+,21-,24+/m0/s1. The minimum atomic E-state index is -0.474. The summed E-state index contributed by atoms with van der Waals surface area (Å²) in [6, 6.07) is 8.01. The summed E-state index contributed by atoms with van der Waals surface area (Å²) in [4.78, 5) is 21.4. The van der Waals surface area contributed by atoms with Crippen LogP contribution in [0.4, 0.5) is 11.5 Å². The van der Waals surface area contributed by atoms with E-state index in [1.807, 2.05) is 18.2 Å². The topological polar surface area (TPSA) is 102 Å². The zero-order chi connectivity index (χ0) is 23.2. The lowest BCUT2D eigenvalue weighted by Crippen LogP contribution is -2.60. The van der Waals surface area contributed by atoms with Gasteiger partial charge in [0.2, 0.25) is 5.91 Å². The van der Waals surface area contributed by atoms with Crippen molar-refractivity contribution in [2.45, 2.75) is 31.4 Å². The summed E-state index contributed by atoms with van der Waals surface area (Å²) in [5.41, 5.74) is 0.604. The Balaban J connectivity index is 1.31. The van der Waals surface area contributed by atoms with Crippen molar-refractivity contribution in [2.75, 3.05) is 49.6 Å². The van der Waals surface area contributed by atoms with Gasteiger partial charge in [-0.2, -0.15) is 5.26 Å². The summed E-state index contributed by atoms with van der Waals surface area (Å²) in [6.45, 7) is 6.20. The first kappa shape index (κ1) is 22.4. The fourth-order valence-corrected chi connectivity index (χ4v) is 5.36. The van der Waals surface area contributed by atoms with Gasteiger partial charge in [-0.25, -0.2) is 4.98 Å². The summed E-state index contributed by atoms with van der Waals surface area (Å²) in [5.74, 6) is -0.113. The zero-order valence-corrected chi connectivity index (χ0v) is 19.4. The van der Waals surface area contributed by atoms with Crippen LogP contribution in [0.25, 0.3) is 10.8 Å². The molecule has 1 aromatic carbocycles. The maximum absolute atomic E-state index is 12.5. The highest BCUT2D eigenvalue weighted by molar-refractivity contribution is 6.34. The number of anilines is 2. The number of fused-ring (bicyclic) bond motifs is 1. The van der Waals surface area contributed by atoms with Gasteiger partial charge in [0.05, 0.1) is 53.5 Å². The molecule has 0 bridgehead atoms. The molecule has 8 nitrogen and oxygen atoms in total. The number of rotatable bonds is 4. The minimum absolute atomic E-state index is 0.142. The molecule has 0 unspecified atom stereocenters. The van der Waals surface area contributed by atoms with E-state index in [0.717, 1.165) is 55.5 Å². The van der Waals surface area contributed by atoms with Gasteiger partial charge in [0.1, 0.15) is 5.82 Å². The van der Waals surface area contributed by atoms with E-state index in [-0.39, 0.29) is 23.3 Å². The van der Waals surface area contributed by atoms with E-state index in [2.05, 4.69) is 33.1 Å². The second-order valence-electron chi connectivity index (χ2n) is 9.49. The molecule has 2 N–H and O–H groups in total. The number of aliphatic hydroxyl groups is 1. The molecule has 3 aliphatic rings. The van der Waals surface area contributed by atoms with Gasteiger partial charge >= 0.3 is 0 Å². The van der Waals surface area contributed by atoms with Crippen molar-refractivity contribution >= 4 is 39.8 Å².